The molecule has 6 nitrogen and oxygen atoms in total. The molecule has 2 rings (SSSR count). The summed E-state index contributed by atoms with van der Waals surface area (Å²) < 4.78 is 29.1. The number of halogens is 2. The van der Waals surface area contributed by atoms with Gasteiger partial charge in [-0.25, -0.2) is 8.78 Å². The third-order valence-corrected chi connectivity index (χ3v) is 4.22. The van der Waals surface area contributed by atoms with Crippen LogP contribution < -0.4 is 10.6 Å². The number of aryl methyl sites for hydroxylation is 1. The van der Waals surface area contributed by atoms with Gasteiger partial charge in [-0.3, -0.25) is 4.99 Å². The Morgan fingerprint density at radius 3 is 2.81 bits per heavy atom. The molecule has 0 aliphatic rings. The van der Waals surface area contributed by atoms with Crippen molar-refractivity contribution in [2.75, 3.05) is 13.1 Å². The monoisotopic (exact) mass is 378 g/mol. The maximum Gasteiger partial charge on any atom is 0.191 e. The van der Waals surface area contributed by atoms with Gasteiger partial charge in [-0.2, -0.15) is 0 Å². The molecule has 0 amide bonds. The number of unbranched alkanes of at least 4 members (excludes halogenated alkanes) is 1. The summed E-state index contributed by atoms with van der Waals surface area (Å²) >= 11 is 0. The molecule has 2 aromatic rings. The zero-order chi connectivity index (χ0) is 19.6. The maximum atomic E-state index is 14.0. The van der Waals surface area contributed by atoms with Crippen molar-refractivity contribution in [2.45, 2.75) is 52.6 Å². The maximum absolute atomic E-state index is 14.0. The zero-order valence-electron chi connectivity index (χ0n) is 16.2. The second kappa shape index (κ2) is 10.6. The number of rotatable bonds is 9. The molecule has 0 spiro atoms. The molecule has 1 aromatic carbocycles. The lowest BCUT2D eigenvalue weighted by Crippen LogP contribution is -2.40. The van der Waals surface area contributed by atoms with E-state index in [0.717, 1.165) is 31.2 Å². The highest BCUT2D eigenvalue weighted by molar-refractivity contribution is 5.80. The average molecular weight is 378 g/mol. The SMILES string of the molecule is CCCCN=C(NCCn1cnnc1CC)NC(C)c1ccc(F)cc1F. The van der Waals surface area contributed by atoms with Crippen molar-refractivity contribution in [2.24, 2.45) is 4.99 Å². The topological polar surface area (TPSA) is 67.1 Å². The lowest BCUT2D eigenvalue weighted by atomic mass is 10.1. The van der Waals surface area contributed by atoms with Crippen LogP contribution in [0.25, 0.3) is 0 Å². The zero-order valence-corrected chi connectivity index (χ0v) is 16.2. The number of nitrogens with zero attached hydrogens (tertiary/aromatic N) is 4. The third kappa shape index (κ3) is 6.30. The van der Waals surface area contributed by atoms with E-state index in [0.29, 0.717) is 31.2 Å². The standard InChI is InChI=1S/C19H28F2N6/c1-4-6-9-22-19(23-10-11-27-13-24-26-18(27)5-2)25-14(3)16-8-7-15(20)12-17(16)21/h7-8,12-14H,4-6,9-11H2,1-3H3,(H2,22,23,25). The summed E-state index contributed by atoms with van der Waals surface area (Å²) in [4.78, 5) is 4.54. The second-order valence-corrected chi connectivity index (χ2v) is 6.34. The Labute approximate surface area is 159 Å². The van der Waals surface area contributed by atoms with Crippen LogP contribution in [-0.2, 0) is 13.0 Å². The number of aliphatic imine (C=N–C) groups is 1. The van der Waals surface area contributed by atoms with Crippen molar-refractivity contribution in [3.05, 3.63) is 47.5 Å². The third-order valence-electron chi connectivity index (χ3n) is 4.22. The minimum Gasteiger partial charge on any atom is -0.355 e. The van der Waals surface area contributed by atoms with Gasteiger partial charge in [0.1, 0.15) is 23.8 Å². The predicted octanol–water partition coefficient (Wildman–Crippen LogP) is 3.22. The van der Waals surface area contributed by atoms with Crippen LogP contribution in [0.2, 0.25) is 0 Å². The molecular formula is C19H28F2N6. The Hall–Kier alpha value is -2.51. The molecule has 0 saturated heterocycles. The van der Waals surface area contributed by atoms with E-state index in [1.54, 1.807) is 6.33 Å². The van der Waals surface area contributed by atoms with Gasteiger partial charge in [0, 0.05) is 37.7 Å². The quantitative estimate of drug-likeness (QED) is 0.399. The highest BCUT2D eigenvalue weighted by Crippen LogP contribution is 2.17. The minimum absolute atomic E-state index is 0.348. The van der Waals surface area contributed by atoms with Gasteiger partial charge in [0.15, 0.2) is 5.96 Å². The first-order valence-electron chi connectivity index (χ1n) is 9.41. The van der Waals surface area contributed by atoms with Crippen molar-refractivity contribution in [1.29, 1.82) is 0 Å². The molecule has 148 valence electrons. The second-order valence-electron chi connectivity index (χ2n) is 6.34. The van der Waals surface area contributed by atoms with E-state index in [4.69, 9.17) is 0 Å². The van der Waals surface area contributed by atoms with E-state index in [-0.39, 0.29) is 6.04 Å². The summed E-state index contributed by atoms with van der Waals surface area (Å²) in [5.41, 5.74) is 0.397. The molecule has 0 saturated carbocycles. The summed E-state index contributed by atoms with van der Waals surface area (Å²) in [5.74, 6) is 0.376. The van der Waals surface area contributed by atoms with Crippen molar-refractivity contribution in [3.8, 4) is 0 Å². The van der Waals surface area contributed by atoms with E-state index >= 15 is 0 Å². The number of nitrogens with one attached hydrogen (secondary N) is 2. The number of benzene rings is 1. The lowest BCUT2D eigenvalue weighted by molar-refractivity contribution is 0.549. The Kier molecular flexibility index (Phi) is 8.16. The summed E-state index contributed by atoms with van der Waals surface area (Å²) in [5, 5.41) is 14.5. The van der Waals surface area contributed by atoms with Crippen LogP contribution in [0.4, 0.5) is 8.78 Å². The number of hydrogen-bond donors (Lipinski definition) is 2. The Morgan fingerprint density at radius 1 is 1.30 bits per heavy atom. The molecule has 0 bridgehead atoms. The highest BCUT2D eigenvalue weighted by atomic mass is 19.1. The van der Waals surface area contributed by atoms with Gasteiger partial charge < -0.3 is 15.2 Å². The normalized spacial score (nSPS) is 12.9. The largest absolute Gasteiger partial charge is 0.355 e. The van der Waals surface area contributed by atoms with E-state index in [1.807, 2.05) is 18.4 Å². The fourth-order valence-electron chi connectivity index (χ4n) is 2.67. The summed E-state index contributed by atoms with van der Waals surface area (Å²) in [7, 11) is 0. The predicted molar refractivity (Wildman–Crippen MR) is 103 cm³/mol. The van der Waals surface area contributed by atoms with Crippen molar-refractivity contribution < 1.29 is 8.78 Å². The molecule has 0 aliphatic heterocycles. The Morgan fingerprint density at radius 2 is 2.11 bits per heavy atom. The van der Waals surface area contributed by atoms with Crippen LogP contribution in [0.3, 0.4) is 0 Å². The molecule has 2 N–H and O–H groups in total. The van der Waals surface area contributed by atoms with Gasteiger partial charge in [0.05, 0.1) is 6.04 Å². The molecule has 8 heteroatoms. The van der Waals surface area contributed by atoms with Crippen molar-refractivity contribution in [1.82, 2.24) is 25.4 Å². The van der Waals surface area contributed by atoms with Crippen LogP contribution in [-0.4, -0.2) is 33.8 Å². The van der Waals surface area contributed by atoms with Crippen LogP contribution >= 0.6 is 0 Å². The Balaban J connectivity index is 1.99. The first kappa shape index (κ1) is 20.8. The molecule has 0 aliphatic carbocycles. The molecule has 1 atom stereocenters. The smallest absolute Gasteiger partial charge is 0.191 e. The molecule has 0 fully saturated rings. The van der Waals surface area contributed by atoms with Crippen molar-refractivity contribution in [3.63, 3.8) is 0 Å². The fourth-order valence-corrected chi connectivity index (χ4v) is 2.67. The first-order valence-corrected chi connectivity index (χ1v) is 9.41. The van der Waals surface area contributed by atoms with Crippen molar-refractivity contribution >= 4 is 5.96 Å². The van der Waals surface area contributed by atoms with Gasteiger partial charge in [0.25, 0.3) is 0 Å². The van der Waals surface area contributed by atoms with Gasteiger partial charge in [-0.15, -0.1) is 10.2 Å². The first-order chi connectivity index (χ1) is 13.0. The molecule has 27 heavy (non-hydrogen) atoms. The summed E-state index contributed by atoms with van der Waals surface area (Å²) in [6, 6.07) is 3.26. The number of hydrogen-bond acceptors (Lipinski definition) is 3. The van der Waals surface area contributed by atoms with Gasteiger partial charge >= 0.3 is 0 Å². The minimum atomic E-state index is -0.584. The number of guanidine groups is 1. The van der Waals surface area contributed by atoms with E-state index < -0.39 is 11.6 Å². The summed E-state index contributed by atoms with van der Waals surface area (Å²) in [6.45, 7) is 7.96. The molecule has 0 radical (unpaired) electrons. The van der Waals surface area contributed by atoms with Gasteiger partial charge in [0.2, 0.25) is 0 Å². The molecule has 1 aromatic heterocycles. The van der Waals surface area contributed by atoms with E-state index in [9.17, 15) is 8.78 Å². The van der Waals surface area contributed by atoms with E-state index in [1.165, 1.54) is 12.1 Å². The van der Waals surface area contributed by atoms with Crippen LogP contribution in [0.15, 0.2) is 29.5 Å². The average Bonchev–Trinajstić information content (AvgIpc) is 3.09. The molecular weight excluding hydrogens is 350 g/mol. The van der Waals surface area contributed by atoms with E-state index in [2.05, 4.69) is 32.7 Å². The number of aromatic nitrogens is 3. The molecule has 1 heterocycles. The highest BCUT2D eigenvalue weighted by Gasteiger charge is 2.13. The molecule has 1 unspecified atom stereocenters. The lowest BCUT2D eigenvalue weighted by Gasteiger charge is -2.19. The van der Waals surface area contributed by atoms with Crippen LogP contribution in [0.1, 0.15) is 51.0 Å². The van der Waals surface area contributed by atoms with Crippen LogP contribution in [0.5, 0.6) is 0 Å². The fraction of sp³-hybridized carbons (Fsp3) is 0.526. The summed E-state index contributed by atoms with van der Waals surface area (Å²) in [6.07, 6.45) is 4.53. The van der Waals surface area contributed by atoms with Crippen LogP contribution in [0, 0.1) is 11.6 Å². The van der Waals surface area contributed by atoms with Gasteiger partial charge in [-0.05, 0) is 19.4 Å². The Bertz CT molecular complexity index is 744. The van der Waals surface area contributed by atoms with Gasteiger partial charge in [-0.1, -0.05) is 26.3 Å².